The fourth-order valence-corrected chi connectivity index (χ4v) is 3.90. The van der Waals surface area contributed by atoms with Crippen LogP contribution in [0.25, 0.3) is 22.3 Å². The van der Waals surface area contributed by atoms with Gasteiger partial charge < -0.3 is 4.74 Å². The van der Waals surface area contributed by atoms with Crippen LogP contribution in [0.1, 0.15) is 28.9 Å². The molecule has 0 unspecified atom stereocenters. The number of aromatic amines is 1. The van der Waals surface area contributed by atoms with E-state index in [0.29, 0.717) is 0 Å². The van der Waals surface area contributed by atoms with Crippen LogP contribution in [0.4, 0.5) is 4.39 Å². The molecule has 156 valence electrons. The first-order valence-corrected chi connectivity index (χ1v) is 9.91. The summed E-state index contributed by atoms with van der Waals surface area (Å²) in [6.07, 6.45) is 0. The molecule has 6 nitrogen and oxygen atoms in total. The number of carbonyl (C=O) groups is 1. The van der Waals surface area contributed by atoms with Crippen molar-refractivity contribution < 1.29 is 13.9 Å². The monoisotopic (exact) mass is 435 g/mol. The maximum absolute atomic E-state index is 14.5. The second kappa shape index (κ2) is 8.23. The van der Waals surface area contributed by atoms with Crippen LogP contribution < -0.4 is 5.56 Å². The van der Waals surface area contributed by atoms with Gasteiger partial charge in [-0.2, -0.15) is 0 Å². The van der Waals surface area contributed by atoms with Gasteiger partial charge in [-0.25, -0.2) is 14.2 Å². The Labute approximate surface area is 182 Å². The lowest BCUT2D eigenvalue weighted by Gasteiger charge is -2.20. The van der Waals surface area contributed by atoms with Crippen molar-refractivity contribution in [1.29, 1.82) is 0 Å². The molecule has 0 aliphatic heterocycles. The van der Waals surface area contributed by atoms with Gasteiger partial charge in [0.1, 0.15) is 11.5 Å². The van der Waals surface area contributed by atoms with Gasteiger partial charge in [0, 0.05) is 5.56 Å². The van der Waals surface area contributed by atoms with Crippen LogP contribution in [0.5, 0.6) is 0 Å². The summed E-state index contributed by atoms with van der Waals surface area (Å²) < 4.78 is 21.2. The van der Waals surface area contributed by atoms with E-state index >= 15 is 0 Å². The zero-order chi connectivity index (χ0) is 22.1. The Bertz CT molecular complexity index is 1410. The number of methoxy groups -OCH3 is 1. The Morgan fingerprint density at radius 2 is 1.84 bits per heavy atom. The van der Waals surface area contributed by atoms with Crippen molar-refractivity contribution in [1.82, 2.24) is 14.5 Å². The first-order valence-electron chi connectivity index (χ1n) is 9.50. The second-order valence-corrected chi connectivity index (χ2v) is 7.33. The van der Waals surface area contributed by atoms with Crippen molar-refractivity contribution in [3.63, 3.8) is 0 Å². The fraction of sp³-hybridized carbons (Fsp3) is 0.130. The second-order valence-electron chi connectivity index (χ2n) is 6.94. The minimum Gasteiger partial charge on any atom is -0.465 e. The SMILES string of the molecule is COC(=O)c1cc(-c2ccccc2F)nc2c1c(=O)[nH]c(=S)n2[C@@H](C)c1ccccc1. The number of H-pyrrole nitrogens is 1. The first-order chi connectivity index (χ1) is 14.9. The Kier molecular flexibility index (Phi) is 5.48. The van der Waals surface area contributed by atoms with Gasteiger partial charge in [0.25, 0.3) is 5.56 Å². The van der Waals surface area contributed by atoms with E-state index in [9.17, 15) is 14.0 Å². The number of nitrogens with one attached hydrogen (secondary N) is 1. The van der Waals surface area contributed by atoms with E-state index in [4.69, 9.17) is 17.0 Å². The van der Waals surface area contributed by atoms with Crippen LogP contribution in [0.2, 0.25) is 0 Å². The lowest BCUT2D eigenvalue weighted by molar-refractivity contribution is 0.0603. The average molecular weight is 435 g/mol. The molecular formula is C23H18FN3O3S. The van der Waals surface area contributed by atoms with E-state index in [1.54, 1.807) is 22.8 Å². The summed E-state index contributed by atoms with van der Waals surface area (Å²) in [7, 11) is 1.22. The molecule has 0 saturated heterocycles. The highest BCUT2D eigenvalue weighted by atomic mass is 32.1. The van der Waals surface area contributed by atoms with Gasteiger partial charge in [0.2, 0.25) is 0 Å². The zero-order valence-corrected chi connectivity index (χ0v) is 17.6. The third-order valence-electron chi connectivity index (χ3n) is 5.12. The van der Waals surface area contributed by atoms with Crippen molar-refractivity contribution in [2.75, 3.05) is 7.11 Å². The standard InChI is InChI=1S/C23H18FN3O3S/c1-13(14-8-4-3-5-9-14)27-20-19(21(28)26-23(27)31)16(22(29)30-2)12-18(25-20)15-10-6-7-11-17(15)24/h3-13H,1-2H3,(H,26,28,31)/t13-/m0/s1. The highest BCUT2D eigenvalue weighted by Gasteiger charge is 2.22. The number of rotatable bonds is 4. The highest BCUT2D eigenvalue weighted by molar-refractivity contribution is 7.71. The van der Waals surface area contributed by atoms with E-state index in [1.165, 1.54) is 19.2 Å². The molecule has 2 aromatic heterocycles. The predicted molar refractivity (Wildman–Crippen MR) is 118 cm³/mol. The number of ether oxygens (including phenoxy) is 1. The van der Waals surface area contributed by atoms with E-state index in [1.807, 2.05) is 37.3 Å². The normalized spacial score (nSPS) is 12.0. The summed E-state index contributed by atoms with van der Waals surface area (Å²) in [5.41, 5.74) is 0.899. The molecule has 0 spiro atoms. The smallest absolute Gasteiger partial charge is 0.338 e. The molecule has 0 bridgehead atoms. The number of hydrogen-bond acceptors (Lipinski definition) is 5. The van der Waals surface area contributed by atoms with Crippen molar-refractivity contribution in [3.8, 4) is 11.3 Å². The molecule has 4 rings (SSSR count). The number of hydrogen-bond donors (Lipinski definition) is 1. The molecule has 4 aromatic rings. The molecule has 0 amide bonds. The van der Waals surface area contributed by atoms with Crippen LogP contribution in [0.3, 0.4) is 0 Å². The minimum absolute atomic E-state index is 0.0176. The summed E-state index contributed by atoms with van der Waals surface area (Å²) in [6.45, 7) is 1.90. The van der Waals surface area contributed by atoms with Crippen molar-refractivity contribution in [2.45, 2.75) is 13.0 Å². The molecule has 1 N–H and O–H groups in total. The van der Waals surface area contributed by atoms with Crippen molar-refractivity contribution in [3.05, 3.63) is 92.7 Å². The molecule has 31 heavy (non-hydrogen) atoms. The average Bonchev–Trinajstić information content (AvgIpc) is 2.78. The lowest BCUT2D eigenvalue weighted by Crippen LogP contribution is -2.22. The molecule has 0 fully saturated rings. The van der Waals surface area contributed by atoms with E-state index in [0.717, 1.165) is 5.56 Å². The van der Waals surface area contributed by atoms with Gasteiger partial charge in [-0.15, -0.1) is 0 Å². The Hall–Kier alpha value is -3.65. The molecule has 0 aliphatic carbocycles. The van der Waals surface area contributed by atoms with Gasteiger partial charge in [-0.1, -0.05) is 42.5 Å². The van der Waals surface area contributed by atoms with Gasteiger partial charge >= 0.3 is 5.97 Å². The number of nitrogens with zero attached hydrogens (tertiary/aromatic N) is 2. The summed E-state index contributed by atoms with van der Waals surface area (Å²) >= 11 is 5.44. The maximum Gasteiger partial charge on any atom is 0.338 e. The minimum atomic E-state index is -0.730. The number of pyridine rings is 1. The largest absolute Gasteiger partial charge is 0.465 e. The van der Waals surface area contributed by atoms with E-state index < -0.39 is 17.3 Å². The summed E-state index contributed by atoms with van der Waals surface area (Å²) in [5, 5.41) is 0.0309. The Morgan fingerprint density at radius 1 is 1.16 bits per heavy atom. The van der Waals surface area contributed by atoms with Crippen LogP contribution in [-0.4, -0.2) is 27.6 Å². The number of carbonyl (C=O) groups excluding carboxylic acids is 1. The molecule has 8 heteroatoms. The van der Waals surface area contributed by atoms with Crippen LogP contribution in [-0.2, 0) is 4.74 Å². The van der Waals surface area contributed by atoms with E-state index in [-0.39, 0.29) is 38.7 Å². The van der Waals surface area contributed by atoms with Gasteiger partial charge in [0.15, 0.2) is 4.77 Å². The predicted octanol–water partition coefficient (Wildman–Crippen LogP) is 4.66. The Morgan fingerprint density at radius 3 is 2.52 bits per heavy atom. The molecule has 1 atom stereocenters. The van der Waals surface area contributed by atoms with Crippen LogP contribution in [0, 0.1) is 10.6 Å². The highest BCUT2D eigenvalue weighted by Crippen LogP contribution is 2.28. The molecular weight excluding hydrogens is 417 g/mol. The third kappa shape index (κ3) is 3.66. The molecule has 0 saturated carbocycles. The quantitative estimate of drug-likeness (QED) is 0.373. The summed E-state index contributed by atoms with van der Waals surface area (Å²) in [4.78, 5) is 32.6. The zero-order valence-electron chi connectivity index (χ0n) is 16.8. The summed E-state index contributed by atoms with van der Waals surface area (Å²) in [5.74, 6) is -1.23. The number of esters is 1. The van der Waals surface area contributed by atoms with E-state index in [2.05, 4.69) is 9.97 Å². The van der Waals surface area contributed by atoms with Crippen molar-refractivity contribution in [2.24, 2.45) is 0 Å². The number of benzene rings is 2. The molecule has 0 radical (unpaired) electrons. The van der Waals surface area contributed by atoms with Crippen LogP contribution in [0.15, 0.2) is 65.5 Å². The molecule has 2 aromatic carbocycles. The van der Waals surface area contributed by atoms with Crippen LogP contribution >= 0.6 is 12.2 Å². The third-order valence-corrected chi connectivity index (χ3v) is 5.42. The number of fused-ring (bicyclic) bond motifs is 1. The number of aromatic nitrogens is 3. The van der Waals surface area contributed by atoms with Gasteiger partial charge in [0.05, 0.1) is 29.8 Å². The maximum atomic E-state index is 14.5. The lowest BCUT2D eigenvalue weighted by atomic mass is 10.0. The van der Waals surface area contributed by atoms with Gasteiger partial charge in [-0.05, 0) is 42.9 Å². The Balaban J connectivity index is 2.13. The first kappa shape index (κ1) is 20.6. The summed E-state index contributed by atoms with van der Waals surface area (Å²) in [6, 6.07) is 16.6. The molecule has 0 aliphatic rings. The van der Waals surface area contributed by atoms with Crippen molar-refractivity contribution >= 4 is 29.2 Å². The number of halogens is 1. The topological polar surface area (TPSA) is 77.0 Å². The fourth-order valence-electron chi connectivity index (χ4n) is 3.56. The molecule has 2 heterocycles. The van der Waals surface area contributed by atoms with Gasteiger partial charge in [-0.3, -0.25) is 14.3 Å².